The van der Waals surface area contributed by atoms with Gasteiger partial charge in [0.1, 0.15) is 0 Å². The summed E-state index contributed by atoms with van der Waals surface area (Å²) in [6.07, 6.45) is 3.79. The van der Waals surface area contributed by atoms with E-state index in [1.54, 1.807) is 0 Å². The smallest absolute Gasteiger partial charge is 0.0393 e. The lowest BCUT2D eigenvalue weighted by Gasteiger charge is -2.23. The van der Waals surface area contributed by atoms with Crippen molar-refractivity contribution in [2.24, 2.45) is 11.7 Å². The van der Waals surface area contributed by atoms with Crippen LogP contribution in [0.3, 0.4) is 0 Å². The number of nitrogens with two attached hydrogens (primary N) is 1. The fourth-order valence-electron chi connectivity index (χ4n) is 2.46. The Morgan fingerprint density at radius 2 is 2.06 bits per heavy atom. The first-order valence-corrected chi connectivity index (χ1v) is 6.62. The highest BCUT2D eigenvalue weighted by Gasteiger charge is 2.28. The summed E-state index contributed by atoms with van der Waals surface area (Å²) < 4.78 is 0. The molecule has 0 bridgehead atoms. The fourth-order valence-corrected chi connectivity index (χ4v) is 2.46. The summed E-state index contributed by atoms with van der Waals surface area (Å²) in [6, 6.07) is 7.04. The molecule has 2 heteroatoms. The maximum atomic E-state index is 6.14. The number of rotatable bonds is 5. The predicted octanol–water partition coefficient (Wildman–Crippen LogP) is 2.87. The molecular formula is C15H24N2. The molecule has 0 saturated heterocycles. The zero-order valence-electron chi connectivity index (χ0n) is 11.2. The molecule has 1 atom stereocenters. The Hall–Kier alpha value is -1.02. The summed E-state index contributed by atoms with van der Waals surface area (Å²) in [6.45, 7) is 5.38. The molecule has 1 unspecified atom stereocenters. The van der Waals surface area contributed by atoms with E-state index < -0.39 is 0 Å². The first-order valence-electron chi connectivity index (χ1n) is 6.62. The third-order valence-electron chi connectivity index (χ3n) is 3.79. The monoisotopic (exact) mass is 232 g/mol. The van der Waals surface area contributed by atoms with Crippen LogP contribution in [0.5, 0.6) is 0 Å². The van der Waals surface area contributed by atoms with E-state index >= 15 is 0 Å². The van der Waals surface area contributed by atoms with Gasteiger partial charge in [-0.05, 0) is 50.7 Å². The van der Waals surface area contributed by atoms with Gasteiger partial charge in [0.25, 0.3) is 0 Å². The molecule has 0 radical (unpaired) electrons. The summed E-state index contributed by atoms with van der Waals surface area (Å²) >= 11 is 0. The Morgan fingerprint density at radius 3 is 2.65 bits per heavy atom. The quantitative estimate of drug-likeness (QED) is 0.846. The molecule has 1 aromatic carbocycles. The van der Waals surface area contributed by atoms with Crippen LogP contribution in [0.15, 0.2) is 18.2 Å². The van der Waals surface area contributed by atoms with Crippen LogP contribution in [0.1, 0.15) is 30.4 Å². The molecule has 1 aromatic rings. The van der Waals surface area contributed by atoms with Crippen molar-refractivity contribution in [3.63, 3.8) is 0 Å². The lowest BCUT2D eigenvalue weighted by Crippen LogP contribution is -2.29. The summed E-state index contributed by atoms with van der Waals surface area (Å²) in [5, 5.41) is 0. The van der Waals surface area contributed by atoms with Gasteiger partial charge in [-0.25, -0.2) is 0 Å². The van der Waals surface area contributed by atoms with Gasteiger partial charge in [0.2, 0.25) is 0 Å². The number of hydrogen-bond acceptors (Lipinski definition) is 2. The van der Waals surface area contributed by atoms with Gasteiger partial charge in [-0.3, -0.25) is 0 Å². The Labute approximate surface area is 105 Å². The van der Waals surface area contributed by atoms with Gasteiger partial charge in [-0.1, -0.05) is 17.7 Å². The molecule has 2 nitrogen and oxygen atoms in total. The normalized spacial score (nSPS) is 16.9. The SMILES string of the molecule is Cc1ccc(N(C)CCC(N)C2CC2)c(C)c1. The molecule has 1 saturated carbocycles. The molecule has 2 N–H and O–H groups in total. The van der Waals surface area contributed by atoms with Gasteiger partial charge in [0.05, 0.1) is 0 Å². The average Bonchev–Trinajstić information content (AvgIpc) is 3.09. The Balaban J connectivity index is 1.91. The van der Waals surface area contributed by atoms with Crippen LogP contribution in [0.2, 0.25) is 0 Å². The highest BCUT2D eigenvalue weighted by Crippen LogP contribution is 2.33. The van der Waals surface area contributed by atoms with Gasteiger partial charge in [0, 0.05) is 25.3 Å². The Bertz CT molecular complexity index is 383. The zero-order chi connectivity index (χ0) is 12.4. The van der Waals surface area contributed by atoms with Crippen molar-refractivity contribution < 1.29 is 0 Å². The summed E-state index contributed by atoms with van der Waals surface area (Å²) in [7, 11) is 2.16. The van der Waals surface area contributed by atoms with E-state index in [0.717, 1.165) is 18.9 Å². The number of anilines is 1. The van der Waals surface area contributed by atoms with Crippen molar-refractivity contribution in [1.29, 1.82) is 0 Å². The summed E-state index contributed by atoms with van der Waals surface area (Å²) in [5.41, 5.74) is 10.2. The molecule has 1 fully saturated rings. The predicted molar refractivity (Wildman–Crippen MR) is 74.5 cm³/mol. The van der Waals surface area contributed by atoms with Crippen molar-refractivity contribution >= 4 is 5.69 Å². The third kappa shape index (κ3) is 3.22. The van der Waals surface area contributed by atoms with Crippen LogP contribution in [0, 0.1) is 19.8 Å². The molecule has 0 amide bonds. The minimum Gasteiger partial charge on any atom is -0.374 e. The van der Waals surface area contributed by atoms with E-state index in [2.05, 4.69) is 44.0 Å². The topological polar surface area (TPSA) is 29.3 Å². The second-order valence-corrected chi connectivity index (χ2v) is 5.50. The minimum absolute atomic E-state index is 0.406. The van der Waals surface area contributed by atoms with E-state index in [9.17, 15) is 0 Å². The van der Waals surface area contributed by atoms with Crippen molar-refractivity contribution in [3.05, 3.63) is 29.3 Å². The minimum atomic E-state index is 0.406. The van der Waals surface area contributed by atoms with Crippen molar-refractivity contribution in [2.75, 3.05) is 18.5 Å². The number of aryl methyl sites for hydroxylation is 2. The first-order chi connectivity index (χ1) is 8.08. The zero-order valence-corrected chi connectivity index (χ0v) is 11.2. The Morgan fingerprint density at radius 1 is 1.35 bits per heavy atom. The second kappa shape index (κ2) is 5.09. The van der Waals surface area contributed by atoms with Crippen molar-refractivity contribution in [2.45, 2.75) is 39.2 Å². The van der Waals surface area contributed by atoms with Crippen molar-refractivity contribution in [3.8, 4) is 0 Å². The van der Waals surface area contributed by atoms with Gasteiger partial charge < -0.3 is 10.6 Å². The molecule has 2 rings (SSSR count). The fraction of sp³-hybridized carbons (Fsp3) is 0.600. The molecule has 0 spiro atoms. The molecule has 1 aliphatic carbocycles. The molecule has 94 valence electrons. The highest BCUT2D eigenvalue weighted by atomic mass is 15.1. The van der Waals surface area contributed by atoms with Crippen LogP contribution in [-0.2, 0) is 0 Å². The molecule has 0 aromatic heterocycles. The molecule has 0 heterocycles. The maximum Gasteiger partial charge on any atom is 0.0393 e. The van der Waals surface area contributed by atoms with Crippen LogP contribution >= 0.6 is 0 Å². The van der Waals surface area contributed by atoms with Crippen molar-refractivity contribution in [1.82, 2.24) is 0 Å². The third-order valence-corrected chi connectivity index (χ3v) is 3.79. The van der Waals surface area contributed by atoms with E-state index in [1.165, 1.54) is 29.7 Å². The number of hydrogen-bond donors (Lipinski definition) is 1. The second-order valence-electron chi connectivity index (χ2n) is 5.50. The van der Waals surface area contributed by atoms with Gasteiger partial charge in [0.15, 0.2) is 0 Å². The molecule has 1 aliphatic rings. The van der Waals surface area contributed by atoms with E-state index in [0.29, 0.717) is 6.04 Å². The molecular weight excluding hydrogens is 208 g/mol. The van der Waals surface area contributed by atoms with Gasteiger partial charge >= 0.3 is 0 Å². The Kier molecular flexibility index (Phi) is 3.72. The molecule has 17 heavy (non-hydrogen) atoms. The summed E-state index contributed by atoms with van der Waals surface area (Å²) in [5.74, 6) is 0.808. The highest BCUT2D eigenvalue weighted by molar-refractivity contribution is 5.53. The first kappa shape index (κ1) is 12.4. The number of benzene rings is 1. The van der Waals surface area contributed by atoms with E-state index in [-0.39, 0.29) is 0 Å². The summed E-state index contributed by atoms with van der Waals surface area (Å²) in [4.78, 5) is 2.33. The molecule has 0 aliphatic heterocycles. The average molecular weight is 232 g/mol. The van der Waals surface area contributed by atoms with Gasteiger partial charge in [-0.15, -0.1) is 0 Å². The van der Waals surface area contributed by atoms with E-state index in [4.69, 9.17) is 5.73 Å². The largest absolute Gasteiger partial charge is 0.374 e. The lowest BCUT2D eigenvalue weighted by atomic mass is 10.1. The van der Waals surface area contributed by atoms with Crippen LogP contribution < -0.4 is 10.6 Å². The lowest BCUT2D eigenvalue weighted by molar-refractivity contribution is 0.550. The van der Waals surface area contributed by atoms with Crippen LogP contribution in [-0.4, -0.2) is 19.6 Å². The number of nitrogens with zero attached hydrogens (tertiary/aromatic N) is 1. The maximum absolute atomic E-state index is 6.14. The van der Waals surface area contributed by atoms with Gasteiger partial charge in [-0.2, -0.15) is 0 Å². The van der Waals surface area contributed by atoms with Crippen LogP contribution in [0.4, 0.5) is 5.69 Å². The van der Waals surface area contributed by atoms with Crippen LogP contribution in [0.25, 0.3) is 0 Å². The standard InChI is InChI=1S/C15H24N2/c1-11-4-7-15(12(2)10-11)17(3)9-8-14(16)13-5-6-13/h4,7,10,13-14H,5-6,8-9,16H2,1-3H3. The van der Waals surface area contributed by atoms with E-state index in [1.807, 2.05) is 0 Å².